The lowest BCUT2D eigenvalue weighted by Crippen LogP contribution is -2.43. The summed E-state index contributed by atoms with van der Waals surface area (Å²) in [6.45, 7) is 2.61. The van der Waals surface area contributed by atoms with Crippen LogP contribution in [0.25, 0.3) is 0 Å². The fraction of sp³-hybridized carbons (Fsp3) is 0.391. The summed E-state index contributed by atoms with van der Waals surface area (Å²) in [7, 11) is 3.98. The molecule has 0 bridgehead atoms. The lowest BCUT2D eigenvalue weighted by Gasteiger charge is -2.27. The lowest BCUT2D eigenvalue weighted by atomic mass is 10.0. The highest BCUT2D eigenvalue weighted by molar-refractivity contribution is 7.07. The van der Waals surface area contributed by atoms with E-state index in [1.54, 1.807) is 23.5 Å². The van der Waals surface area contributed by atoms with Crippen molar-refractivity contribution in [2.45, 2.75) is 38.3 Å². The van der Waals surface area contributed by atoms with Crippen LogP contribution in [0.5, 0.6) is 5.75 Å². The van der Waals surface area contributed by atoms with Crippen molar-refractivity contribution in [3.63, 3.8) is 0 Å². The number of likely N-dealkylation sites (N-methyl/N-ethyl adjacent to an activating group) is 1. The Morgan fingerprint density at radius 1 is 1.00 bits per heavy atom. The quantitative estimate of drug-likeness (QED) is 0.408. The van der Waals surface area contributed by atoms with Gasteiger partial charge in [0.15, 0.2) is 0 Å². The molecule has 0 aliphatic heterocycles. The number of rotatable bonds is 11. The van der Waals surface area contributed by atoms with E-state index in [9.17, 15) is 14.7 Å². The van der Waals surface area contributed by atoms with Gasteiger partial charge >= 0.3 is 0 Å². The average molecular weight is 428 g/mol. The summed E-state index contributed by atoms with van der Waals surface area (Å²) < 4.78 is 0. The van der Waals surface area contributed by atoms with Gasteiger partial charge in [-0.3, -0.25) is 9.59 Å². The highest BCUT2D eigenvalue weighted by Gasteiger charge is 2.24. The largest absolute Gasteiger partial charge is 0.508 e. The monoisotopic (exact) mass is 427 g/mol. The molecule has 0 aliphatic carbocycles. The van der Waals surface area contributed by atoms with Gasteiger partial charge in [-0.2, -0.15) is 11.3 Å². The molecule has 1 heterocycles. The number of hydrogen-bond donors (Lipinski definition) is 3. The van der Waals surface area contributed by atoms with Gasteiger partial charge in [-0.05, 0) is 73.4 Å². The van der Waals surface area contributed by atoms with Crippen molar-refractivity contribution in [1.29, 1.82) is 0 Å². The first-order valence-corrected chi connectivity index (χ1v) is 11.1. The van der Waals surface area contributed by atoms with Gasteiger partial charge in [0.1, 0.15) is 17.1 Å². The Labute approximate surface area is 180 Å². The minimum absolute atomic E-state index is 0.102. The molecule has 3 N–H and O–H groups in total. The molecular formula is C23H29N3O3S. The zero-order valence-electron chi connectivity index (χ0n) is 17.6. The van der Waals surface area contributed by atoms with Gasteiger partial charge in [0, 0.05) is 18.6 Å². The van der Waals surface area contributed by atoms with E-state index >= 15 is 0 Å². The molecule has 160 valence electrons. The SMILES string of the molecule is CCC(Cc1ccsc1)Nc1c(NC[C@H](Cc2ccc(O)cc2)N(C)C)c(=O)c1=O. The topological polar surface area (TPSA) is 81.7 Å². The van der Waals surface area contributed by atoms with Crippen LogP contribution in [-0.2, 0) is 12.8 Å². The summed E-state index contributed by atoms with van der Waals surface area (Å²) in [5.74, 6) is 0.241. The minimum Gasteiger partial charge on any atom is -0.508 e. The molecule has 0 fully saturated rings. The van der Waals surface area contributed by atoms with E-state index in [0.717, 1.165) is 24.8 Å². The Hall–Kier alpha value is -2.64. The van der Waals surface area contributed by atoms with E-state index in [-0.39, 0.29) is 17.8 Å². The Kier molecular flexibility index (Phi) is 7.29. The van der Waals surface area contributed by atoms with Crippen molar-refractivity contribution >= 4 is 22.7 Å². The van der Waals surface area contributed by atoms with E-state index in [4.69, 9.17) is 0 Å². The number of thiophene rings is 1. The molecule has 0 aliphatic rings. The van der Waals surface area contributed by atoms with Crippen LogP contribution in [0.4, 0.5) is 11.4 Å². The highest BCUT2D eigenvalue weighted by Crippen LogP contribution is 2.20. The molecular weight excluding hydrogens is 398 g/mol. The van der Waals surface area contributed by atoms with Crippen molar-refractivity contribution in [3.05, 3.63) is 72.7 Å². The van der Waals surface area contributed by atoms with Crippen LogP contribution in [-0.4, -0.2) is 42.7 Å². The van der Waals surface area contributed by atoms with Crippen LogP contribution in [0.2, 0.25) is 0 Å². The lowest BCUT2D eigenvalue weighted by molar-refractivity contribution is 0.303. The molecule has 2 aromatic carbocycles. The molecule has 3 rings (SSSR count). The van der Waals surface area contributed by atoms with E-state index in [1.165, 1.54) is 5.56 Å². The van der Waals surface area contributed by atoms with Gasteiger partial charge in [-0.25, -0.2) is 0 Å². The Bertz CT molecular complexity index is 1010. The number of benzene rings is 1. The second kappa shape index (κ2) is 9.91. The van der Waals surface area contributed by atoms with Gasteiger partial charge in [-0.1, -0.05) is 19.1 Å². The fourth-order valence-corrected chi connectivity index (χ4v) is 4.14. The highest BCUT2D eigenvalue weighted by atomic mass is 32.1. The summed E-state index contributed by atoms with van der Waals surface area (Å²) in [5, 5.41) is 20.1. The number of anilines is 2. The van der Waals surface area contributed by atoms with Gasteiger partial charge in [-0.15, -0.1) is 0 Å². The molecule has 2 atom stereocenters. The molecule has 0 saturated carbocycles. The third-order valence-corrected chi connectivity index (χ3v) is 6.20. The average Bonchev–Trinajstić information content (AvgIpc) is 3.25. The Morgan fingerprint density at radius 2 is 1.70 bits per heavy atom. The molecule has 0 spiro atoms. The van der Waals surface area contributed by atoms with E-state index < -0.39 is 10.9 Å². The predicted octanol–water partition coefficient (Wildman–Crippen LogP) is 3.07. The van der Waals surface area contributed by atoms with Gasteiger partial charge in [0.05, 0.1) is 0 Å². The third-order valence-electron chi connectivity index (χ3n) is 5.47. The molecule has 0 amide bonds. The number of phenols is 1. The summed E-state index contributed by atoms with van der Waals surface area (Å²) >= 11 is 1.66. The normalized spacial score (nSPS) is 13.5. The number of nitrogens with one attached hydrogen (secondary N) is 2. The van der Waals surface area contributed by atoms with Crippen molar-refractivity contribution in [3.8, 4) is 5.75 Å². The maximum absolute atomic E-state index is 12.2. The van der Waals surface area contributed by atoms with Crippen molar-refractivity contribution in [2.75, 3.05) is 31.3 Å². The summed E-state index contributed by atoms with van der Waals surface area (Å²) in [5.41, 5.74) is 2.23. The zero-order valence-corrected chi connectivity index (χ0v) is 18.5. The molecule has 1 aromatic heterocycles. The first-order chi connectivity index (χ1) is 14.4. The maximum Gasteiger partial charge on any atom is 0.253 e. The van der Waals surface area contributed by atoms with Gasteiger partial charge in [0.25, 0.3) is 10.9 Å². The second-order valence-electron chi connectivity index (χ2n) is 7.86. The first kappa shape index (κ1) is 22.1. The van der Waals surface area contributed by atoms with Gasteiger partial charge < -0.3 is 20.6 Å². The number of aromatic hydroxyl groups is 1. The van der Waals surface area contributed by atoms with E-state index in [1.807, 2.05) is 31.6 Å². The maximum atomic E-state index is 12.2. The molecule has 0 saturated heterocycles. The third kappa shape index (κ3) is 5.29. The predicted molar refractivity (Wildman–Crippen MR) is 125 cm³/mol. The molecule has 7 heteroatoms. The Balaban J connectivity index is 1.65. The fourth-order valence-electron chi connectivity index (χ4n) is 3.45. The molecule has 3 aromatic rings. The number of nitrogens with zero attached hydrogens (tertiary/aromatic N) is 1. The van der Waals surface area contributed by atoms with Crippen molar-refractivity contribution in [1.82, 2.24) is 4.90 Å². The van der Waals surface area contributed by atoms with Crippen LogP contribution in [0.1, 0.15) is 24.5 Å². The van der Waals surface area contributed by atoms with Crippen molar-refractivity contribution in [2.24, 2.45) is 0 Å². The molecule has 30 heavy (non-hydrogen) atoms. The summed E-state index contributed by atoms with van der Waals surface area (Å²) in [4.78, 5) is 26.5. The van der Waals surface area contributed by atoms with Crippen molar-refractivity contribution < 1.29 is 5.11 Å². The van der Waals surface area contributed by atoms with Crippen LogP contribution >= 0.6 is 11.3 Å². The summed E-state index contributed by atoms with van der Waals surface area (Å²) in [6, 6.07) is 9.45. The number of phenolic OH excluding ortho intramolecular Hbond substituents is 1. The Morgan fingerprint density at radius 3 is 2.30 bits per heavy atom. The zero-order chi connectivity index (χ0) is 21.7. The van der Waals surface area contributed by atoms with E-state index in [0.29, 0.717) is 17.9 Å². The van der Waals surface area contributed by atoms with E-state index in [2.05, 4.69) is 33.9 Å². The standard InChI is InChI=1S/C23H29N3O3S/c1-4-17(11-16-9-10-30-14-16)25-21-20(22(28)23(21)29)24-13-18(26(2)3)12-15-5-7-19(27)8-6-15/h5-10,14,17-18,24-25,27H,4,11-13H2,1-3H3/t17?,18-/m0/s1. The minimum atomic E-state index is -0.454. The second-order valence-corrected chi connectivity index (χ2v) is 8.64. The summed E-state index contributed by atoms with van der Waals surface area (Å²) in [6.07, 6.45) is 2.43. The molecule has 0 radical (unpaired) electrons. The van der Waals surface area contributed by atoms with Crippen LogP contribution < -0.4 is 21.5 Å². The number of hydrogen-bond acceptors (Lipinski definition) is 7. The van der Waals surface area contributed by atoms with Crippen LogP contribution in [0.3, 0.4) is 0 Å². The first-order valence-electron chi connectivity index (χ1n) is 10.2. The van der Waals surface area contributed by atoms with Crippen LogP contribution in [0.15, 0.2) is 50.7 Å². The van der Waals surface area contributed by atoms with Gasteiger partial charge in [0.2, 0.25) is 0 Å². The molecule has 1 unspecified atom stereocenters. The smallest absolute Gasteiger partial charge is 0.253 e. The molecule has 6 nitrogen and oxygen atoms in total. The van der Waals surface area contributed by atoms with Crippen LogP contribution in [0, 0.1) is 0 Å².